The molecule has 0 unspecified atom stereocenters. The number of thioether (sulfide) groups is 1. The Bertz CT molecular complexity index is 801. The lowest BCUT2D eigenvalue weighted by Gasteiger charge is -2.18. The van der Waals surface area contributed by atoms with Crippen molar-refractivity contribution in [3.8, 4) is 0 Å². The third-order valence-electron chi connectivity index (χ3n) is 3.90. The highest BCUT2D eigenvalue weighted by molar-refractivity contribution is 7.99. The third-order valence-corrected chi connectivity index (χ3v) is 4.85. The minimum Gasteiger partial charge on any atom is -0.383 e. The van der Waals surface area contributed by atoms with E-state index in [0.29, 0.717) is 28.7 Å². The number of carbonyl (C=O) groups is 1. The topological polar surface area (TPSA) is 73.2 Å². The molecule has 1 amide bonds. The number of nitrogens with one attached hydrogen (secondary N) is 1. The van der Waals surface area contributed by atoms with Crippen LogP contribution in [-0.4, -0.2) is 41.0 Å². The van der Waals surface area contributed by atoms with Gasteiger partial charge in [-0.05, 0) is 31.9 Å². The number of methoxy groups -OCH3 is 1. The monoisotopic (exact) mass is 347 g/mol. The fraction of sp³-hybridized carbons (Fsp3) is 0.471. The molecule has 0 radical (unpaired) electrons. The molecule has 1 fully saturated rings. The molecule has 128 valence electrons. The molecule has 24 heavy (non-hydrogen) atoms. The lowest BCUT2D eigenvalue weighted by molar-refractivity contribution is -0.118. The maximum absolute atomic E-state index is 12.9. The Labute approximate surface area is 144 Å². The minimum atomic E-state index is -0.159. The standard InChI is InChI=1S/C17H21N3O3S/c1-11(9-23-2)20-16(22)13-5-3-4-6-14(13)19-17(20)24-10-15(21)18-12-7-8-12/h3-6,11-12H,7-10H2,1-2H3,(H,18,21)/t11-/m1/s1. The van der Waals surface area contributed by atoms with Crippen LogP contribution in [-0.2, 0) is 9.53 Å². The molecule has 1 atom stereocenters. The first-order valence-corrected chi connectivity index (χ1v) is 9.01. The number of ether oxygens (including phenoxy) is 1. The molecule has 1 N–H and O–H groups in total. The SMILES string of the molecule is COC[C@@H](C)n1c(SCC(=O)NC2CC2)nc2ccccc2c1=O. The van der Waals surface area contributed by atoms with Gasteiger partial charge in [0, 0.05) is 13.2 Å². The highest BCUT2D eigenvalue weighted by Gasteiger charge is 2.24. The second-order valence-electron chi connectivity index (χ2n) is 6.02. The molecule has 0 aliphatic heterocycles. The summed E-state index contributed by atoms with van der Waals surface area (Å²) in [5.74, 6) is 0.233. The highest BCUT2D eigenvalue weighted by atomic mass is 32.2. The molecule has 1 saturated carbocycles. The molecule has 1 aliphatic rings. The van der Waals surface area contributed by atoms with E-state index in [1.54, 1.807) is 17.7 Å². The van der Waals surface area contributed by atoms with Gasteiger partial charge in [0.15, 0.2) is 5.16 Å². The summed E-state index contributed by atoms with van der Waals surface area (Å²) in [6.07, 6.45) is 2.11. The summed E-state index contributed by atoms with van der Waals surface area (Å²) < 4.78 is 6.82. The van der Waals surface area contributed by atoms with Crippen LogP contribution in [0.5, 0.6) is 0 Å². The van der Waals surface area contributed by atoms with Crippen molar-refractivity contribution in [2.75, 3.05) is 19.5 Å². The lowest BCUT2D eigenvalue weighted by Crippen LogP contribution is -2.30. The first-order chi connectivity index (χ1) is 11.6. The van der Waals surface area contributed by atoms with E-state index in [9.17, 15) is 9.59 Å². The maximum atomic E-state index is 12.9. The molecule has 2 aromatic rings. The number of amides is 1. The molecule has 0 spiro atoms. The van der Waals surface area contributed by atoms with E-state index < -0.39 is 0 Å². The van der Waals surface area contributed by atoms with E-state index in [0.717, 1.165) is 12.8 Å². The third kappa shape index (κ3) is 3.79. The van der Waals surface area contributed by atoms with Crippen molar-refractivity contribution in [1.82, 2.24) is 14.9 Å². The van der Waals surface area contributed by atoms with Gasteiger partial charge in [0.25, 0.3) is 5.56 Å². The van der Waals surface area contributed by atoms with Crippen LogP contribution in [0.4, 0.5) is 0 Å². The summed E-state index contributed by atoms with van der Waals surface area (Å²) in [5, 5.41) is 4.08. The zero-order valence-electron chi connectivity index (χ0n) is 13.8. The number of hydrogen-bond donors (Lipinski definition) is 1. The largest absolute Gasteiger partial charge is 0.383 e. The van der Waals surface area contributed by atoms with Crippen LogP contribution >= 0.6 is 11.8 Å². The molecular formula is C17H21N3O3S. The van der Waals surface area contributed by atoms with Crippen LogP contribution in [0.2, 0.25) is 0 Å². The maximum Gasteiger partial charge on any atom is 0.262 e. The van der Waals surface area contributed by atoms with Gasteiger partial charge in [-0.3, -0.25) is 14.2 Å². The Morgan fingerprint density at radius 3 is 2.92 bits per heavy atom. The first kappa shape index (κ1) is 17.0. The summed E-state index contributed by atoms with van der Waals surface area (Å²) in [4.78, 5) is 29.4. The number of rotatable bonds is 7. The molecule has 0 bridgehead atoms. The van der Waals surface area contributed by atoms with E-state index >= 15 is 0 Å². The van der Waals surface area contributed by atoms with Crippen LogP contribution in [0.25, 0.3) is 10.9 Å². The summed E-state index contributed by atoms with van der Waals surface area (Å²) in [5.41, 5.74) is 0.545. The number of hydrogen-bond acceptors (Lipinski definition) is 5. The van der Waals surface area contributed by atoms with Crippen molar-refractivity contribution in [1.29, 1.82) is 0 Å². The molecule has 1 aromatic heterocycles. The summed E-state index contributed by atoms with van der Waals surface area (Å²) in [7, 11) is 1.60. The van der Waals surface area contributed by atoms with Crippen molar-refractivity contribution in [2.24, 2.45) is 0 Å². The zero-order chi connectivity index (χ0) is 17.1. The normalized spacial score (nSPS) is 15.4. The number of fused-ring (bicyclic) bond motifs is 1. The van der Waals surface area contributed by atoms with Gasteiger partial charge in [-0.1, -0.05) is 23.9 Å². The van der Waals surface area contributed by atoms with Gasteiger partial charge in [0.2, 0.25) is 5.91 Å². The van der Waals surface area contributed by atoms with Crippen LogP contribution in [0.15, 0.2) is 34.2 Å². The van der Waals surface area contributed by atoms with Crippen molar-refractivity contribution < 1.29 is 9.53 Å². The van der Waals surface area contributed by atoms with E-state index in [1.165, 1.54) is 11.8 Å². The molecular weight excluding hydrogens is 326 g/mol. The molecule has 3 rings (SSSR count). The van der Waals surface area contributed by atoms with Crippen LogP contribution in [0.1, 0.15) is 25.8 Å². The molecule has 7 heteroatoms. The van der Waals surface area contributed by atoms with Crippen LogP contribution in [0, 0.1) is 0 Å². The van der Waals surface area contributed by atoms with Crippen LogP contribution < -0.4 is 10.9 Å². The van der Waals surface area contributed by atoms with Crippen molar-refractivity contribution in [2.45, 2.75) is 37.0 Å². The minimum absolute atomic E-state index is 0.0177. The first-order valence-electron chi connectivity index (χ1n) is 8.02. The number of benzene rings is 1. The number of para-hydroxylation sites is 1. The lowest BCUT2D eigenvalue weighted by atomic mass is 10.2. The zero-order valence-corrected chi connectivity index (χ0v) is 14.6. The number of carbonyl (C=O) groups excluding carboxylic acids is 1. The van der Waals surface area contributed by atoms with Gasteiger partial charge >= 0.3 is 0 Å². The fourth-order valence-electron chi connectivity index (χ4n) is 2.56. The van der Waals surface area contributed by atoms with E-state index in [-0.39, 0.29) is 23.3 Å². The Balaban J connectivity index is 1.92. The predicted octanol–water partition coefficient (Wildman–Crippen LogP) is 1.97. The Morgan fingerprint density at radius 1 is 1.46 bits per heavy atom. The summed E-state index contributed by atoms with van der Waals surface area (Å²) in [6.45, 7) is 2.32. The molecule has 1 heterocycles. The van der Waals surface area contributed by atoms with Gasteiger partial charge in [-0.25, -0.2) is 4.98 Å². The Hall–Kier alpha value is -1.86. The molecule has 6 nitrogen and oxygen atoms in total. The number of nitrogens with zero attached hydrogens (tertiary/aromatic N) is 2. The van der Waals surface area contributed by atoms with Gasteiger partial charge in [0.1, 0.15) is 0 Å². The van der Waals surface area contributed by atoms with Gasteiger partial charge in [0.05, 0.1) is 29.3 Å². The molecule has 1 aliphatic carbocycles. The van der Waals surface area contributed by atoms with E-state index in [1.807, 2.05) is 25.1 Å². The highest BCUT2D eigenvalue weighted by Crippen LogP contribution is 2.22. The van der Waals surface area contributed by atoms with Crippen molar-refractivity contribution >= 4 is 28.6 Å². The fourth-order valence-corrected chi connectivity index (χ4v) is 3.47. The van der Waals surface area contributed by atoms with Gasteiger partial charge in [-0.15, -0.1) is 0 Å². The van der Waals surface area contributed by atoms with Crippen LogP contribution in [0.3, 0.4) is 0 Å². The van der Waals surface area contributed by atoms with E-state index in [4.69, 9.17) is 4.74 Å². The quantitative estimate of drug-likeness (QED) is 0.612. The van der Waals surface area contributed by atoms with Gasteiger partial charge in [-0.2, -0.15) is 0 Å². The summed E-state index contributed by atoms with van der Waals surface area (Å²) in [6, 6.07) is 7.44. The second-order valence-corrected chi connectivity index (χ2v) is 6.96. The molecule has 0 saturated heterocycles. The van der Waals surface area contributed by atoms with Crippen molar-refractivity contribution in [3.63, 3.8) is 0 Å². The molecule has 1 aromatic carbocycles. The average molecular weight is 347 g/mol. The average Bonchev–Trinajstić information content (AvgIpc) is 3.37. The van der Waals surface area contributed by atoms with E-state index in [2.05, 4.69) is 10.3 Å². The second kappa shape index (κ2) is 7.36. The number of aromatic nitrogens is 2. The summed E-state index contributed by atoms with van der Waals surface area (Å²) >= 11 is 1.29. The van der Waals surface area contributed by atoms with Crippen molar-refractivity contribution in [3.05, 3.63) is 34.6 Å². The van der Waals surface area contributed by atoms with Gasteiger partial charge < -0.3 is 10.1 Å². The smallest absolute Gasteiger partial charge is 0.262 e. The Morgan fingerprint density at radius 2 is 2.21 bits per heavy atom. The predicted molar refractivity (Wildman–Crippen MR) is 94.5 cm³/mol. The Kier molecular flexibility index (Phi) is 5.20.